The van der Waals surface area contributed by atoms with Crippen molar-refractivity contribution in [1.29, 1.82) is 0 Å². The van der Waals surface area contributed by atoms with Crippen LogP contribution in [0.5, 0.6) is 11.5 Å². The van der Waals surface area contributed by atoms with Crippen LogP contribution in [0.25, 0.3) is 16.3 Å². The van der Waals surface area contributed by atoms with Crippen LogP contribution >= 0.6 is 0 Å². The van der Waals surface area contributed by atoms with Gasteiger partial charge in [-0.1, -0.05) is 12.1 Å². The molecule has 7 heteroatoms. The second-order valence-electron chi connectivity index (χ2n) is 8.20. The molecule has 1 fully saturated rings. The predicted octanol–water partition coefficient (Wildman–Crippen LogP) is 4.47. The van der Waals surface area contributed by atoms with Crippen molar-refractivity contribution < 1.29 is 14.3 Å². The minimum Gasteiger partial charge on any atom is -0.455 e. The molecule has 0 bridgehead atoms. The maximum Gasteiger partial charge on any atom is 0.251 e. The third-order valence-electron chi connectivity index (χ3n) is 5.94. The number of benzene rings is 2. The zero-order valence-corrected chi connectivity index (χ0v) is 19.2. The first-order valence-corrected chi connectivity index (χ1v) is 11.0. The highest BCUT2D eigenvalue weighted by atomic mass is 16.5. The van der Waals surface area contributed by atoms with Gasteiger partial charge in [0, 0.05) is 30.4 Å². The summed E-state index contributed by atoms with van der Waals surface area (Å²) in [5.41, 5.74) is 2.76. The largest absolute Gasteiger partial charge is 0.455 e. The van der Waals surface area contributed by atoms with Crippen molar-refractivity contribution in [3.63, 3.8) is 0 Å². The Balaban J connectivity index is 0.000000376. The molecule has 0 unspecified atom stereocenters. The summed E-state index contributed by atoms with van der Waals surface area (Å²) < 4.78 is 7.73. The van der Waals surface area contributed by atoms with Crippen LogP contribution in [0.3, 0.4) is 0 Å². The molecule has 3 heterocycles. The fourth-order valence-corrected chi connectivity index (χ4v) is 4.10. The van der Waals surface area contributed by atoms with E-state index in [0.29, 0.717) is 22.6 Å². The summed E-state index contributed by atoms with van der Waals surface area (Å²) in [7, 11) is 3.79. The van der Waals surface area contributed by atoms with E-state index in [2.05, 4.69) is 22.4 Å². The SMILES string of the molecule is CN1CCCC1.CNC(=O)c1cccc2cc(Oc3ccnn4cc(C=O)c(C)c34)ccc12. The Hall–Kier alpha value is -3.71. The predicted molar refractivity (Wildman–Crippen MR) is 129 cm³/mol. The lowest BCUT2D eigenvalue weighted by atomic mass is 10.0. The maximum atomic E-state index is 12.0. The number of carbonyl (C=O) groups excluding carboxylic acids is 2. The van der Waals surface area contributed by atoms with Gasteiger partial charge in [-0.15, -0.1) is 0 Å². The number of hydrogen-bond acceptors (Lipinski definition) is 5. The van der Waals surface area contributed by atoms with Gasteiger partial charge in [-0.05, 0) is 80.5 Å². The Bertz CT molecular complexity index is 1310. The molecule has 7 nitrogen and oxygen atoms in total. The van der Waals surface area contributed by atoms with Gasteiger partial charge in [0.25, 0.3) is 5.91 Å². The first-order valence-electron chi connectivity index (χ1n) is 11.0. The molecule has 0 aliphatic carbocycles. The molecule has 0 spiro atoms. The van der Waals surface area contributed by atoms with E-state index in [9.17, 15) is 9.59 Å². The molecule has 1 amide bonds. The van der Waals surface area contributed by atoms with Gasteiger partial charge in [-0.3, -0.25) is 9.59 Å². The van der Waals surface area contributed by atoms with Crippen molar-refractivity contribution in [3.05, 3.63) is 71.5 Å². The van der Waals surface area contributed by atoms with E-state index in [-0.39, 0.29) is 5.91 Å². The number of ether oxygens (including phenoxy) is 1. The molecule has 0 radical (unpaired) electrons. The molecule has 4 aromatic rings. The summed E-state index contributed by atoms with van der Waals surface area (Å²) >= 11 is 0. The van der Waals surface area contributed by atoms with E-state index >= 15 is 0 Å². The Kier molecular flexibility index (Phi) is 6.70. The van der Waals surface area contributed by atoms with E-state index in [0.717, 1.165) is 28.1 Å². The van der Waals surface area contributed by atoms with Crippen LogP contribution in [-0.2, 0) is 0 Å². The number of nitrogens with one attached hydrogen (secondary N) is 1. The van der Waals surface area contributed by atoms with Crippen LogP contribution in [0.1, 0.15) is 39.1 Å². The van der Waals surface area contributed by atoms with E-state index in [1.54, 1.807) is 36.1 Å². The summed E-state index contributed by atoms with van der Waals surface area (Å²) in [5.74, 6) is 1.12. The molecule has 170 valence electrons. The van der Waals surface area contributed by atoms with E-state index in [1.165, 1.54) is 25.9 Å². The quantitative estimate of drug-likeness (QED) is 0.470. The molecule has 5 rings (SSSR count). The van der Waals surface area contributed by atoms with Crippen LogP contribution in [-0.4, -0.2) is 53.9 Å². The fraction of sp³-hybridized carbons (Fsp3) is 0.269. The van der Waals surface area contributed by atoms with Gasteiger partial charge in [0.15, 0.2) is 12.0 Å². The molecular weight excluding hydrogens is 416 g/mol. The van der Waals surface area contributed by atoms with Gasteiger partial charge in [-0.2, -0.15) is 5.10 Å². The third-order valence-corrected chi connectivity index (χ3v) is 5.94. The Morgan fingerprint density at radius 3 is 2.61 bits per heavy atom. The lowest BCUT2D eigenvalue weighted by Crippen LogP contribution is -2.17. The molecule has 2 aromatic carbocycles. The molecule has 1 aliphatic heterocycles. The van der Waals surface area contributed by atoms with Gasteiger partial charge in [0.1, 0.15) is 11.3 Å². The van der Waals surface area contributed by atoms with Crippen molar-refractivity contribution in [2.24, 2.45) is 0 Å². The van der Waals surface area contributed by atoms with E-state index in [4.69, 9.17) is 4.74 Å². The molecular formula is C26H28N4O3. The number of carbonyl (C=O) groups is 2. The molecule has 33 heavy (non-hydrogen) atoms. The van der Waals surface area contributed by atoms with Gasteiger partial charge < -0.3 is 15.0 Å². The number of nitrogens with zero attached hydrogens (tertiary/aromatic N) is 3. The van der Waals surface area contributed by atoms with Crippen molar-refractivity contribution in [2.75, 3.05) is 27.2 Å². The highest BCUT2D eigenvalue weighted by Crippen LogP contribution is 2.32. The molecule has 0 saturated carbocycles. The Morgan fingerprint density at radius 2 is 1.94 bits per heavy atom. The van der Waals surface area contributed by atoms with Gasteiger partial charge in [0.2, 0.25) is 0 Å². The van der Waals surface area contributed by atoms with Crippen LogP contribution in [0.15, 0.2) is 54.9 Å². The lowest BCUT2D eigenvalue weighted by Gasteiger charge is -2.10. The van der Waals surface area contributed by atoms with E-state index in [1.807, 2.05) is 37.3 Å². The molecule has 1 saturated heterocycles. The number of aryl methyl sites for hydroxylation is 1. The highest BCUT2D eigenvalue weighted by molar-refractivity contribution is 6.07. The summed E-state index contributed by atoms with van der Waals surface area (Å²) in [6.45, 7) is 4.50. The summed E-state index contributed by atoms with van der Waals surface area (Å²) in [6.07, 6.45) is 6.94. The van der Waals surface area contributed by atoms with Crippen molar-refractivity contribution in [3.8, 4) is 11.5 Å². The average molecular weight is 445 g/mol. The number of hydrogen-bond donors (Lipinski definition) is 1. The average Bonchev–Trinajstić information content (AvgIpc) is 3.45. The number of aldehydes is 1. The smallest absolute Gasteiger partial charge is 0.251 e. The lowest BCUT2D eigenvalue weighted by molar-refractivity contribution is 0.0964. The first-order chi connectivity index (χ1) is 16.0. The number of amides is 1. The second kappa shape index (κ2) is 9.83. The minimum absolute atomic E-state index is 0.129. The van der Waals surface area contributed by atoms with Crippen molar-refractivity contribution in [2.45, 2.75) is 19.8 Å². The maximum absolute atomic E-state index is 12.0. The zero-order valence-electron chi connectivity index (χ0n) is 19.2. The number of fused-ring (bicyclic) bond motifs is 2. The van der Waals surface area contributed by atoms with Gasteiger partial charge >= 0.3 is 0 Å². The van der Waals surface area contributed by atoms with Crippen LogP contribution < -0.4 is 10.1 Å². The highest BCUT2D eigenvalue weighted by Gasteiger charge is 2.14. The Morgan fingerprint density at radius 1 is 1.15 bits per heavy atom. The number of aromatic nitrogens is 2. The molecule has 1 aliphatic rings. The molecule has 2 aromatic heterocycles. The van der Waals surface area contributed by atoms with Gasteiger partial charge in [0.05, 0.1) is 6.20 Å². The zero-order chi connectivity index (χ0) is 23.4. The topological polar surface area (TPSA) is 75.9 Å². The number of rotatable bonds is 4. The first kappa shape index (κ1) is 22.5. The summed E-state index contributed by atoms with van der Waals surface area (Å²) in [5, 5.41) is 8.65. The minimum atomic E-state index is -0.129. The molecule has 0 atom stereocenters. The molecule has 1 N–H and O–H groups in total. The Labute approximate surface area is 193 Å². The second-order valence-corrected chi connectivity index (χ2v) is 8.20. The summed E-state index contributed by atoms with van der Waals surface area (Å²) in [6, 6.07) is 12.9. The van der Waals surface area contributed by atoms with Crippen molar-refractivity contribution >= 4 is 28.5 Å². The van der Waals surface area contributed by atoms with Gasteiger partial charge in [-0.25, -0.2) is 4.52 Å². The van der Waals surface area contributed by atoms with E-state index < -0.39 is 0 Å². The third kappa shape index (κ3) is 4.73. The monoisotopic (exact) mass is 444 g/mol. The normalized spacial score (nSPS) is 13.5. The van der Waals surface area contributed by atoms with Crippen LogP contribution in [0, 0.1) is 6.92 Å². The fourth-order valence-electron chi connectivity index (χ4n) is 4.10. The number of likely N-dealkylation sites (tertiary alicyclic amines) is 1. The van der Waals surface area contributed by atoms with Crippen molar-refractivity contribution in [1.82, 2.24) is 19.8 Å². The standard InChI is InChI=1S/C21H17N3O3.C5H11N/c1-13-15(12-25)11-24-20(13)19(8-9-23-24)27-16-6-7-17-14(10-16)4-3-5-18(17)21(26)22-2;1-6-4-2-3-5-6/h3-12H,1-2H3,(H,22,26);2-5H2,1H3. The van der Waals surface area contributed by atoms with Crippen LogP contribution in [0.2, 0.25) is 0 Å². The summed E-state index contributed by atoms with van der Waals surface area (Å²) in [4.78, 5) is 25.6. The van der Waals surface area contributed by atoms with Crippen LogP contribution in [0.4, 0.5) is 0 Å².